The van der Waals surface area contributed by atoms with Gasteiger partial charge in [-0.3, -0.25) is 0 Å². The minimum atomic E-state index is -3.09. The van der Waals surface area contributed by atoms with E-state index in [0.29, 0.717) is 6.42 Å². The number of halogens is 2. The van der Waals surface area contributed by atoms with Gasteiger partial charge in [-0.15, -0.1) is 8.96 Å². The molecule has 0 bridgehead atoms. The first kappa shape index (κ1) is 11.8. The summed E-state index contributed by atoms with van der Waals surface area (Å²) in [5, 5.41) is -0.999. The minimum Gasteiger partial charge on any atom is -0.229 e. The molecule has 0 aromatic carbocycles. The Morgan fingerprint density at radius 1 is 1.25 bits per heavy atom. The van der Waals surface area contributed by atoms with Crippen LogP contribution in [0.1, 0.15) is 19.8 Å². The summed E-state index contributed by atoms with van der Waals surface area (Å²) in [6.45, 7) is 1.26. The van der Waals surface area contributed by atoms with Crippen molar-refractivity contribution in [1.29, 1.82) is 0 Å². The summed E-state index contributed by atoms with van der Waals surface area (Å²) in [6.07, 6.45) is 0.534. The van der Waals surface area contributed by atoms with Crippen molar-refractivity contribution in [2.24, 2.45) is 0 Å². The molecule has 12 heavy (non-hydrogen) atoms. The number of hydrogen-bond acceptors (Lipinski definition) is 3. The fourth-order valence-corrected chi connectivity index (χ4v) is 2.21. The highest BCUT2D eigenvalue weighted by Gasteiger charge is 2.09. The third kappa shape index (κ3) is 6.48. The third-order valence-corrected chi connectivity index (χ3v) is 3.24. The molecule has 0 amide bonds. The monoisotopic (exact) mass is 201 g/mol. The van der Waals surface area contributed by atoms with Gasteiger partial charge in [-0.05, 0) is 12.8 Å². The lowest BCUT2D eigenvalue weighted by molar-refractivity contribution is -0.152. The van der Waals surface area contributed by atoms with Crippen LogP contribution in [0.3, 0.4) is 0 Å². The van der Waals surface area contributed by atoms with Crippen LogP contribution >= 0.6 is 0 Å². The van der Waals surface area contributed by atoms with E-state index in [2.05, 4.69) is 0 Å². The third-order valence-electron chi connectivity index (χ3n) is 1.30. The summed E-state index contributed by atoms with van der Waals surface area (Å²) < 4.78 is 44.8. The van der Waals surface area contributed by atoms with Gasteiger partial charge in [0, 0.05) is 11.1 Å². The van der Waals surface area contributed by atoms with Crippen molar-refractivity contribution in [3.8, 4) is 0 Å². The van der Waals surface area contributed by atoms with Crippen LogP contribution in [0.25, 0.3) is 0 Å². The molecule has 0 aliphatic carbocycles. The predicted molar refractivity (Wildman–Crippen MR) is 42.5 cm³/mol. The molecule has 0 aliphatic heterocycles. The van der Waals surface area contributed by atoms with Crippen molar-refractivity contribution in [3.05, 3.63) is 0 Å². The lowest BCUT2D eigenvalue weighted by Crippen LogP contribution is -2.14. The van der Waals surface area contributed by atoms with Crippen molar-refractivity contribution in [1.82, 2.24) is 5.34 Å². The summed E-state index contributed by atoms with van der Waals surface area (Å²) in [5.74, 6) is -0.0588. The second-order valence-corrected chi connectivity index (χ2v) is 4.84. The molecule has 0 aromatic rings. The zero-order valence-electron chi connectivity index (χ0n) is 6.96. The Morgan fingerprint density at radius 3 is 2.25 bits per heavy atom. The van der Waals surface area contributed by atoms with Gasteiger partial charge in [-0.25, -0.2) is 8.42 Å². The lowest BCUT2D eigenvalue weighted by atomic mass is 10.5. The zero-order valence-corrected chi connectivity index (χ0v) is 7.78. The van der Waals surface area contributed by atoms with Gasteiger partial charge in [0.15, 0.2) is 0 Å². The smallest absolute Gasteiger partial charge is 0.150 e. The summed E-state index contributed by atoms with van der Waals surface area (Å²) in [4.78, 5) is 0. The van der Waals surface area contributed by atoms with Crippen LogP contribution in [-0.2, 0) is 9.84 Å². The molecule has 3 nitrogen and oxygen atoms in total. The highest BCUT2D eigenvalue weighted by atomic mass is 32.2. The van der Waals surface area contributed by atoms with Crippen molar-refractivity contribution < 1.29 is 17.4 Å². The van der Waals surface area contributed by atoms with Gasteiger partial charge >= 0.3 is 0 Å². The molecule has 0 radical (unpaired) electrons. The molecule has 0 saturated carbocycles. The van der Waals surface area contributed by atoms with Gasteiger partial charge < -0.3 is 0 Å². The molecule has 0 N–H and O–H groups in total. The summed E-state index contributed by atoms with van der Waals surface area (Å²) in [7, 11) is -3.09. The Bertz CT molecular complexity index is 204. The van der Waals surface area contributed by atoms with Crippen molar-refractivity contribution in [3.63, 3.8) is 0 Å². The predicted octanol–water partition coefficient (Wildman–Crippen LogP) is 1.27. The normalized spacial score (nSPS) is 12.3. The molecule has 0 aliphatic rings. The maximum atomic E-state index is 11.4. The number of nitrogens with zero attached hydrogens (tertiary/aromatic N) is 1. The Morgan fingerprint density at radius 2 is 1.83 bits per heavy atom. The number of sulfone groups is 1. The van der Waals surface area contributed by atoms with E-state index in [1.54, 1.807) is 6.92 Å². The first-order valence-electron chi connectivity index (χ1n) is 3.77. The molecule has 0 fully saturated rings. The van der Waals surface area contributed by atoms with Gasteiger partial charge in [0.05, 0.1) is 12.3 Å². The van der Waals surface area contributed by atoms with Gasteiger partial charge in [-0.1, -0.05) is 6.92 Å². The fraction of sp³-hybridized carbons (Fsp3) is 1.00. The van der Waals surface area contributed by atoms with Crippen molar-refractivity contribution in [2.75, 3.05) is 18.1 Å². The van der Waals surface area contributed by atoms with Crippen LogP contribution in [0.15, 0.2) is 0 Å². The number of rotatable bonds is 6. The average Bonchev–Trinajstić information content (AvgIpc) is 1.85. The zero-order chi connectivity index (χ0) is 9.61. The van der Waals surface area contributed by atoms with Gasteiger partial charge in [-0.2, -0.15) is 0 Å². The van der Waals surface area contributed by atoms with E-state index in [4.69, 9.17) is 0 Å². The topological polar surface area (TPSA) is 37.4 Å². The van der Waals surface area contributed by atoms with E-state index in [0.717, 1.165) is 0 Å². The molecular formula is C6H13F2NO2S. The molecule has 6 heteroatoms. The van der Waals surface area contributed by atoms with Crippen LogP contribution < -0.4 is 0 Å². The fourth-order valence-electron chi connectivity index (χ4n) is 0.817. The second kappa shape index (κ2) is 5.42. The van der Waals surface area contributed by atoms with E-state index < -0.39 is 21.7 Å². The quantitative estimate of drug-likeness (QED) is 0.607. The SMILES string of the molecule is CCCS(=O)(=O)CCCN(F)F. The van der Waals surface area contributed by atoms with Crippen molar-refractivity contribution >= 4 is 9.84 Å². The number of hydrogen-bond donors (Lipinski definition) is 0. The molecule has 0 heterocycles. The molecule has 74 valence electrons. The lowest BCUT2D eigenvalue weighted by Gasteiger charge is -2.02. The summed E-state index contributed by atoms with van der Waals surface area (Å²) >= 11 is 0. The average molecular weight is 201 g/mol. The molecule has 0 unspecified atom stereocenters. The van der Waals surface area contributed by atoms with Crippen LogP contribution in [0, 0.1) is 0 Å². The maximum Gasteiger partial charge on any atom is 0.150 e. The second-order valence-electron chi connectivity index (χ2n) is 2.53. The Balaban J connectivity index is 3.62. The summed E-state index contributed by atoms with van der Waals surface area (Å²) in [5.41, 5.74) is 0. The molecule has 0 rings (SSSR count). The van der Waals surface area contributed by atoms with Crippen molar-refractivity contribution in [2.45, 2.75) is 19.8 Å². The summed E-state index contributed by atoms with van der Waals surface area (Å²) in [6, 6.07) is 0. The highest BCUT2D eigenvalue weighted by molar-refractivity contribution is 7.91. The van der Waals surface area contributed by atoms with Gasteiger partial charge in [0.1, 0.15) is 9.84 Å². The maximum absolute atomic E-state index is 11.4. The molecule has 0 aromatic heterocycles. The van der Waals surface area contributed by atoms with E-state index in [9.17, 15) is 17.4 Å². The standard InChI is InChI=1S/C6H13F2NO2S/c1-2-5-12(10,11)6-3-4-9(7)8/h2-6H2,1H3. The first-order valence-corrected chi connectivity index (χ1v) is 5.59. The minimum absolute atomic E-state index is 0.00463. The van der Waals surface area contributed by atoms with Gasteiger partial charge in [0.2, 0.25) is 0 Å². The van der Waals surface area contributed by atoms with Crippen LogP contribution in [0.2, 0.25) is 0 Å². The Labute approximate surface area is 71.2 Å². The molecule has 0 spiro atoms. The molecular weight excluding hydrogens is 188 g/mol. The molecule has 0 atom stereocenters. The van der Waals surface area contributed by atoms with Crippen LogP contribution in [0.4, 0.5) is 8.96 Å². The largest absolute Gasteiger partial charge is 0.229 e. The molecule has 0 saturated heterocycles. The van der Waals surface area contributed by atoms with Crippen LogP contribution in [-0.4, -0.2) is 31.8 Å². The van der Waals surface area contributed by atoms with E-state index in [1.165, 1.54) is 0 Å². The Kier molecular flexibility index (Phi) is 5.32. The van der Waals surface area contributed by atoms with Crippen LogP contribution in [0.5, 0.6) is 0 Å². The highest BCUT2D eigenvalue weighted by Crippen LogP contribution is 1.99. The first-order chi connectivity index (χ1) is 5.48. The van der Waals surface area contributed by atoms with E-state index >= 15 is 0 Å². The van der Waals surface area contributed by atoms with E-state index in [-0.39, 0.29) is 17.9 Å². The van der Waals surface area contributed by atoms with Gasteiger partial charge in [0.25, 0.3) is 0 Å². The Hall–Kier alpha value is -0.230. The van der Waals surface area contributed by atoms with E-state index in [1.807, 2.05) is 0 Å².